The molecular weight excluding hydrogens is 418 g/mol. The summed E-state index contributed by atoms with van der Waals surface area (Å²) in [5.41, 5.74) is 0.753. The molecular formula is C19H18ClN3O3S2. The van der Waals surface area contributed by atoms with Crippen LogP contribution in [0.2, 0.25) is 5.02 Å². The highest BCUT2D eigenvalue weighted by Gasteiger charge is 2.18. The molecule has 6 nitrogen and oxygen atoms in total. The number of amides is 1. The van der Waals surface area contributed by atoms with Crippen molar-refractivity contribution in [2.75, 3.05) is 19.5 Å². The maximum Gasteiger partial charge on any atom is 0.239 e. The van der Waals surface area contributed by atoms with Gasteiger partial charge in [0.25, 0.3) is 0 Å². The Balaban J connectivity index is 1.70. The summed E-state index contributed by atoms with van der Waals surface area (Å²) < 4.78 is 10.6. The quantitative estimate of drug-likeness (QED) is 0.527. The Labute approximate surface area is 176 Å². The van der Waals surface area contributed by atoms with Gasteiger partial charge < -0.3 is 9.47 Å². The molecule has 1 N–H and O–H groups in total. The van der Waals surface area contributed by atoms with Gasteiger partial charge >= 0.3 is 0 Å². The van der Waals surface area contributed by atoms with E-state index in [-0.39, 0.29) is 11.2 Å². The van der Waals surface area contributed by atoms with Crippen LogP contribution in [0, 0.1) is 0 Å². The first-order valence-electron chi connectivity index (χ1n) is 8.29. The lowest BCUT2D eigenvalue weighted by Gasteiger charge is -2.10. The van der Waals surface area contributed by atoms with Crippen LogP contribution in [-0.4, -0.2) is 35.6 Å². The molecule has 1 unspecified atom stereocenters. The summed E-state index contributed by atoms with van der Waals surface area (Å²) in [4.78, 5) is 13.5. The zero-order valence-electron chi connectivity index (χ0n) is 15.4. The number of aromatic nitrogens is 2. The molecule has 2 aromatic carbocycles. The van der Waals surface area contributed by atoms with E-state index >= 15 is 0 Å². The minimum absolute atomic E-state index is 0.153. The third-order valence-electron chi connectivity index (χ3n) is 3.79. The summed E-state index contributed by atoms with van der Waals surface area (Å²) in [6, 6.07) is 12.8. The topological polar surface area (TPSA) is 73.3 Å². The number of methoxy groups -OCH3 is 2. The average Bonchev–Trinajstić information content (AvgIpc) is 3.17. The highest BCUT2D eigenvalue weighted by atomic mass is 35.5. The van der Waals surface area contributed by atoms with Crippen molar-refractivity contribution in [1.29, 1.82) is 0 Å². The third kappa shape index (κ3) is 4.95. The van der Waals surface area contributed by atoms with E-state index in [2.05, 4.69) is 15.5 Å². The van der Waals surface area contributed by atoms with Crippen LogP contribution in [0.1, 0.15) is 6.92 Å². The number of carbonyl (C=O) groups is 1. The number of nitrogens with one attached hydrogen (secondary N) is 1. The predicted octanol–water partition coefficient (Wildman–Crippen LogP) is 5.00. The minimum atomic E-state index is -0.306. The second-order valence-corrected chi connectivity index (χ2v) is 8.51. The normalized spacial score (nSPS) is 11.7. The first kappa shape index (κ1) is 20.4. The van der Waals surface area contributed by atoms with Gasteiger partial charge in [-0.15, -0.1) is 22.0 Å². The zero-order valence-corrected chi connectivity index (χ0v) is 17.8. The van der Waals surface area contributed by atoms with Crippen molar-refractivity contribution in [2.45, 2.75) is 17.1 Å². The van der Waals surface area contributed by atoms with Crippen molar-refractivity contribution < 1.29 is 14.3 Å². The van der Waals surface area contributed by atoms with Gasteiger partial charge in [0, 0.05) is 9.92 Å². The molecule has 0 aliphatic heterocycles. The van der Waals surface area contributed by atoms with E-state index in [9.17, 15) is 4.79 Å². The number of hydrogen-bond acceptors (Lipinski definition) is 7. The minimum Gasteiger partial charge on any atom is -0.497 e. The zero-order chi connectivity index (χ0) is 20.1. The van der Waals surface area contributed by atoms with Crippen LogP contribution in [0.5, 0.6) is 11.5 Å². The molecule has 0 bridgehead atoms. The molecule has 3 rings (SSSR count). The molecule has 0 aliphatic carbocycles. The van der Waals surface area contributed by atoms with Crippen molar-refractivity contribution >= 4 is 45.7 Å². The summed E-state index contributed by atoms with van der Waals surface area (Å²) in [6.07, 6.45) is 0. The molecule has 0 spiro atoms. The van der Waals surface area contributed by atoms with Gasteiger partial charge in [-0.1, -0.05) is 22.9 Å². The average molecular weight is 436 g/mol. The molecule has 146 valence electrons. The fourth-order valence-corrected chi connectivity index (χ4v) is 4.10. The Bertz CT molecular complexity index is 963. The molecule has 0 saturated carbocycles. The maximum atomic E-state index is 12.5. The first-order chi connectivity index (χ1) is 13.5. The standard InChI is InChI=1S/C19H18ClN3O3S2/c1-11(27-14-7-4-12(20)5-8-14)17(24)21-19-23-22-18(28-19)15-10-13(25-2)6-9-16(15)26-3/h4-11H,1-3H3,(H,21,23,24). The molecule has 0 fully saturated rings. The number of hydrogen-bond donors (Lipinski definition) is 1. The number of nitrogens with zero attached hydrogens (tertiary/aromatic N) is 2. The van der Waals surface area contributed by atoms with Crippen molar-refractivity contribution in [3.63, 3.8) is 0 Å². The molecule has 3 aromatic rings. The predicted molar refractivity (Wildman–Crippen MR) is 114 cm³/mol. The van der Waals surface area contributed by atoms with Gasteiger partial charge in [0.15, 0.2) is 5.01 Å². The maximum absolute atomic E-state index is 12.5. The molecule has 28 heavy (non-hydrogen) atoms. The van der Waals surface area contributed by atoms with Gasteiger partial charge in [-0.05, 0) is 49.4 Å². The van der Waals surface area contributed by atoms with Gasteiger partial charge in [0.2, 0.25) is 11.0 Å². The van der Waals surface area contributed by atoms with E-state index in [1.54, 1.807) is 32.4 Å². The van der Waals surface area contributed by atoms with E-state index < -0.39 is 0 Å². The van der Waals surface area contributed by atoms with Crippen LogP contribution in [0.25, 0.3) is 10.6 Å². The third-order valence-corrected chi connectivity index (χ3v) is 6.02. The van der Waals surface area contributed by atoms with Crippen LogP contribution in [0.15, 0.2) is 47.4 Å². The SMILES string of the molecule is COc1ccc(OC)c(-c2nnc(NC(=O)C(C)Sc3ccc(Cl)cc3)s2)c1. The highest BCUT2D eigenvalue weighted by Crippen LogP contribution is 2.36. The number of carbonyl (C=O) groups excluding carboxylic acids is 1. The van der Waals surface area contributed by atoms with Crippen LogP contribution in [0.4, 0.5) is 5.13 Å². The Hall–Kier alpha value is -2.29. The van der Waals surface area contributed by atoms with Crippen LogP contribution in [-0.2, 0) is 4.79 Å². The van der Waals surface area contributed by atoms with Crippen LogP contribution >= 0.6 is 34.7 Å². The second-order valence-electron chi connectivity index (χ2n) is 5.68. The molecule has 1 heterocycles. The van der Waals surface area contributed by atoms with Crippen molar-refractivity contribution in [3.8, 4) is 22.1 Å². The summed E-state index contributed by atoms with van der Waals surface area (Å²) in [5, 5.41) is 12.5. The smallest absolute Gasteiger partial charge is 0.239 e. The molecule has 1 atom stereocenters. The fourth-order valence-electron chi connectivity index (χ4n) is 2.34. The Kier molecular flexibility index (Phi) is 6.77. The number of anilines is 1. The lowest BCUT2D eigenvalue weighted by atomic mass is 10.2. The van der Waals surface area contributed by atoms with E-state index in [1.807, 2.05) is 31.2 Å². The fraction of sp³-hybridized carbons (Fsp3) is 0.211. The molecule has 1 aromatic heterocycles. The number of benzene rings is 2. The lowest BCUT2D eigenvalue weighted by molar-refractivity contribution is -0.115. The Morgan fingerprint density at radius 1 is 1.14 bits per heavy atom. The summed E-state index contributed by atoms with van der Waals surface area (Å²) in [6.45, 7) is 1.83. The monoisotopic (exact) mass is 435 g/mol. The first-order valence-corrected chi connectivity index (χ1v) is 10.4. The summed E-state index contributed by atoms with van der Waals surface area (Å²) in [7, 11) is 3.18. The number of thioether (sulfide) groups is 1. The molecule has 9 heteroatoms. The number of halogens is 1. The Morgan fingerprint density at radius 2 is 1.89 bits per heavy atom. The van der Waals surface area contributed by atoms with Gasteiger partial charge in [0.1, 0.15) is 11.5 Å². The van der Waals surface area contributed by atoms with Crippen molar-refractivity contribution in [2.24, 2.45) is 0 Å². The van der Waals surface area contributed by atoms with Gasteiger partial charge in [-0.25, -0.2) is 0 Å². The van der Waals surface area contributed by atoms with Crippen molar-refractivity contribution in [3.05, 3.63) is 47.5 Å². The Morgan fingerprint density at radius 3 is 2.57 bits per heavy atom. The lowest BCUT2D eigenvalue weighted by Crippen LogP contribution is -2.22. The van der Waals surface area contributed by atoms with E-state index in [0.717, 1.165) is 10.5 Å². The number of ether oxygens (including phenoxy) is 2. The second kappa shape index (κ2) is 9.27. The summed E-state index contributed by atoms with van der Waals surface area (Å²) >= 11 is 8.61. The van der Waals surface area contributed by atoms with Crippen LogP contribution < -0.4 is 14.8 Å². The molecule has 1 amide bonds. The number of rotatable bonds is 7. The van der Waals surface area contributed by atoms with Crippen molar-refractivity contribution in [1.82, 2.24) is 10.2 Å². The van der Waals surface area contributed by atoms with Gasteiger partial charge in [-0.2, -0.15) is 0 Å². The van der Waals surface area contributed by atoms with Gasteiger partial charge in [0.05, 0.1) is 25.0 Å². The largest absolute Gasteiger partial charge is 0.497 e. The van der Waals surface area contributed by atoms with E-state index in [0.29, 0.717) is 26.7 Å². The summed E-state index contributed by atoms with van der Waals surface area (Å²) in [5.74, 6) is 1.19. The molecule has 0 radical (unpaired) electrons. The van der Waals surface area contributed by atoms with Gasteiger partial charge in [-0.3, -0.25) is 10.1 Å². The molecule has 0 saturated heterocycles. The van der Waals surface area contributed by atoms with Crippen LogP contribution in [0.3, 0.4) is 0 Å². The highest BCUT2D eigenvalue weighted by molar-refractivity contribution is 8.00. The molecule has 0 aliphatic rings. The van der Waals surface area contributed by atoms with E-state index in [1.165, 1.54) is 23.1 Å². The van der Waals surface area contributed by atoms with E-state index in [4.69, 9.17) is 21.1 Å².